The van der Waals surface area contributed by atoms with E-state index in [0.29, 0.717) is 19.4 Å². The van der Waals surface area contributed by atoms with E-state index in [2.05, 4.69) is 37.2 Å². The van der Waals surface area contributed by atoms with Crippen molar-refractivity contribution in [3.63, 3.8) is 0 Å². The number of carboxylic acids is 1. The monoisotopic (exact) mass is 1250 g/mol. The third-order valence-electron chi connectivity index (χ3n) is 11.3. The molecule has 2 atom stereocenters. The van der Waals surface area contributed by atoms with Crippen LogP contribution in [0.15, 0.2) is 51.4 Å². The van der Waals surface area contributed by atoms with E-state index < -0.39 is 29.9 Å². The van der Waals surface area contributed by atoms with Crippen molar-refractivity contribution in [1.29, 1.82) is 0 Å². The Labute approximate surface area is 516 Å². The summed E-state index contributed by atoms with van der Waals surface area (Å²) in [4.78, 5) is 61.4. The molecule has 6 rings (SSSR count). The molecule has 25 heteroatoms. The Bertz CT molecular complexity index is 1970. The number of halogens is 4. The van der Waals surface area contributed by atoms with Crippen LogP contribution in [0, 0.1) is 0 Å². The van der Waals surface area contributed by atoms with Gasteiger partial charge in [-0.2, -0.15) is 0 Å². The number of ketones is 1. The number of hydrogen-bond donors (Lipinski definition) is 6. The number of thiocarbonyl (C=S) groups is 1. The van der Waals surface area contributed by atoms with Gasteiger partial charge in [-0.15, -0.1) is 35.3 Å². The summed E-state index contributed by atoms with van der Waals surface area (Å²) in [7, 11) is 0. The zero-order valence-electron chi connectivity index (χ0n) is 44.8. The van der Waals surface area contributed by atoms with Crippen molar-refractivity contribution < 1.29 is 53.7 Å². The van der Waals surface area contributed by atoms with Crippen molar-refractivity contribution >= 4 is 160 Å². The minimum atomic E-state index is -1.05. The van der Waals surface area contributed by atoms with Crippen molar-refractivity contribution in [2.75, 3.05) is 68.6 Å². The molecule has 77 heavy (non-hydrogen) atoms. The Kier molecular flexibility index (Phi) is 47.6. The molecule has 0 unspecified atom stereocenters. The van der Waals surface area contributed by atoms with Gasteiger partial charge in [0.15, 0.2) is 5.78 Å². The molecular formula is C52H78Cl4LiN7O7S6. The summed E-state index contributed by atoms with van der Waals surface area (Å²) in [5, 5.41) is 29.1. The van der Waals surface area contributed by atoms with Crippen molar-refractivity contribution in [3.05, 3.63) is 67.6 Å². The van der Waals surface area contributed by atoms with E-state index in [4.69, 9.17) is 69.5 Å². The number of amides is 2. The molecule has 0 aliphatic carbocycles. The number of thioether (sulfide) groups is 5. The molecular weight excluding hydrogens is 1180 g/mol. The molecule has 8 N–H and O–H groups in total. The fourth-order valence-electron chi connectivity index (χ4n) is 7.39. The summed E-state index contributed by atoms with van der Waals surface area (Å²) < 4.78 is 2.20. The molecule has 0 radical (unpaired) electrons. The first-order chi connectivity index (χ1) is 36.2. The fourth-order valence-corrected chi connectivity index (χ4v) is 12.7. The second kappa shape index (κ2) is 48.3. The molecule has 0 spiro atoms. The molecule has 0 aromatic heterocycles. The zero-order valence-corrected chi connectivity index (χ0v) is 52.7. The van der Waals surface area contributed by atoms with Crippen LogP contribution in [0.2, 0.25) is 20.1 Å². The number of carbonyl (C=O) groups is 4. The Balaban J connectivity index is 0.00000112. The normalized spacial score (nSPS) is 14.8. The topological polar surface area (TPSA) is 238 Å². The van der Waals surface area contributed by atoms with Crippen LogP contribution in [-0.2, 0) is 9.59 Å². The Morgan fingerprint density at radius 3 is 1.35 bits per heavy atom. The maximum absolute atomic E-state index is 12.5. The molecule has 0 saturated carbocycles. The molecule has 0 bridgehead atoms. The number of unbranched alkanes of at least 4 members (excludes halogenated alkanes) is 12. The van der Waals surface area contributed by atoms with Gasteiger partial charge >= 0.3 is 24.8 Å². The average Bonchev–Trinajstić information content (AvgIpc) is 4.26. The van der Waals surface area contributed by atoms with Gasteiger partial charge in [0.25, 0.3) is 11.8 Å². The number of carboxylic acid groups (broad SMARTS) is 1. The molecule has 14 nitrogen and oxygen atoms in total. The van der Waals surface area contributed by atoms with Crippen LogP contribution >= 0.6 is 117 Å². The number of nitrogens with two attached hydrogens (primary N) is 1. The third-order valence-corrected chi connectivity index (χ3v) is 18.1. The van der Waals surface area contributed by atoms with Crippen molar-refractivity contribution in [1.82, 2.24) is 16.0 Å². The summed E-state index contributed by atoms with van der Waals surface area (Å²) in [6.07, 6.45) is 21.0. The van der Waals surface area contributed by atoms with Gasteiger partial charge < -0.3 is 37.4 Å². The number of nitrogens with one attached hydrogen (secondary N) is 3. The summed E-state index contributed by atoms with van der Waals surface area (Å²) in [6, 6.07) is 8.22. The number of benzene rings is 2. The average molecular weight is 1250 g/mol. The zero-order chi connectivity index (χ0) is 55.1. The number of rotatable bonds is 27. The second-order valence-electron chi connectivity index (χ2n) is 17.2. The van der Waals surface area contributed by atoms with Crippen LogP contribution in [0.3, 0.4) is 0 Å². The van der Waals surface area contributed by atoms with Gasteiger partial charge in [0.1, 0.15) is 14.7 Å². The fraction of sp³-hybridized carbons (Fsp3) is 0.615. The molecule has 2 aromatic carbocycles. The molecule has 1 saturated heterocycles. The van der Waals surface area contributed by atoms with Crippen LogP contribution in [0.4, 0.5) is 0 Å². The summed E-state index contributed by atoms with van der Waals surface area (Å²) >= 11 is 38.1. The second-order valence-corrected chi connectivity index (χ2v) is 25.1. The summed E-state index contributed by atoms with van der Waals surface area (Å²) in [6.45, 7) is 6.03. The number of Topliss-reactive ketones (excluding diaryl/α,β-unsaturated/α-hetero) is 1. The first kappa shape index (κ1) is 75.8. The first-order valence-corrected chi connectivity index (χ1v) is 32.8. The quantitative estimate of drug-likeness (QED) is 0.0277. The van der Waals surface area contributed by atoms with E-state index in [9.17, 15) is 24.3 Å². The molecule has 4 heterocycles. The molecule has 1 fully saturated rings. The Morgan fingerprint density at radius 2 is 1.05 bits per heavy atom. The van der Waals surface area contributed by atoms with Gasteiger partial charge in [-0.3, -0.25) is 29.4 Å². The molecule has 428 valence electrons. The number of hydrogen-bond acceptors (Lipinski definition) is 16. The van der Waals surface area contributed by atoms with Gasteiger partial charge in [-0.05, 0) is 76.0 Å². The first-order valence-electron chi connectivity index (χ1n) is 25.7. The number of aliphatic imine (C=N–C) groups is 3. The van der Waals surface area contributed by atoms with Crippen molar-refractivity contribution in [3.8, 4) is 0 Å². The van der Waals surface area contributed by atoms with Crippen LogP contribution in [0.5, 0.6) is 0 Å². The van der Waals surface area contributed by atoms with E-state index in [0.717, 1.165) is 106 Å². The van der Waals surface area contributed by atoms with E-state index in [1.807, 2.05) is 35.3 Å². The SMILES string of the molecule is CC(=O)[C@H](CCCCCCCCCC1=NCCS1)NC(=O)c1c(Cl)cccc1Cl.CSC1=NCCS1.NCCO.O=C(N[C@@H](CCCCCCCCCC1=NCCS1)C(=O)O)c1c(Cl)cccc1Cl.S=C1NCCS1.[Li+].[OH-]. The molecule has 2 amide bonds. The van der Waals surface area contributed by atoms with Gasteiger partial charge in [-0.1, -0.05) is 171 Å². The Morgan fingerprint density at radius 1 is 0.662 bits per heavy atom. The van der Waals surface area contributed by atoms with Crippen LogP contribution in [0.25, 0.3) is 0 Å². The predicted molar refractivity (Wildman–Crippen MR) is 336 cm³/mol. The van der Waals surface area contributed by atoms with Crippen molar-refractivity contribution in [2.45, 2.75) is 135 Å². The number of aliphatic hydroxyl groups is 1. The third kappa shape index (κ3) is 35.4. The van der Waals surface area contributed by atoms with Crippen LogP contribution in [0.1, 0.15) is 143 Å². The van der Waals surface area contributed by atoms with E-state index in [-0.39, 0.29) is 67.9 Å². The van der Waals surface area contributed by atoms with Gasteiger partial charge in [0.05, 0.1) is 60.5 Å². The van der Waals surface area contributed by atoms with Crippen LogP contribution < -0.4 is 40.5 Å². The Hall–Kier alpha value is -1.19. The van der Waals surface area contributed by atoms with Gasteiger partial charge in [-0.25, -0.2) is 4.79 Å². The smallest absolute Gasteiger partial charge is 0.870 e. The van der Waals surface area contributed by atoms with Gasteiger partial charge in [0, 0.05) is 49.2 Å². The summed E-state index contributed by atoms with van der Waals surface area (Å²) in [5.41, 5.74) is 5.12. The minimum Gasteiger partial charge on any atom is -0.870 e. The maximum Gasteiger partial charge on any atom is 1.00 e. The number of carbonyl (C=O) groups excluding carboxylic acids is 3. The van der Waals surface area contributed by atoms with Crippen LogP contribution in [-0.4, -0.2) is 139 Å². The number of aliphatic hydroxyl groups excluding tert-OH is 1. The van der Waals surface area contributed by atoms with Gasteiger partial charge in [0.2, 0.25) is 0 Å². The largest absolute Gasteiger partial charge is 1.00 e. The maximum atomic E-state index is 12.5. The van der Waals surface area contributed by atoms with Crippen molar-refractivity contribution in [2.24, 2.45) is 20.7 Å². The number of nitrogens with zero attached hydrogens (tertiary/aromatic N) is 3. The minimum absolute atomic E-state index is 0. The standard InChI is InChI=1S/C22H30Cl2N2O2S.C21H28Cl2N2O3S.C4H7NS2.C3H5NS2.C2H7NO.Li.H2O/c1-16(27)19(26-22(28)21-17(23)10-9-11-18(21)24)12-7-5-3-2-4-6-8-13-20-25-14-15-29-20;22-15-9-8-10-16(23)19(15)20(26)25-17(21(27)28)11-6-4-2-1-3-5-7-12-18-24-13-14-29-18;1-6-4-5-2-3-7-4;5-3-4-1-2-6-3;3-1-2-4;;/h9-11,19H,2-8,12-15H2,1H3,(H,26,28);8-10,17H,1-7,11-14H2,(H,25,26)(H,27,28);2-3H2,1H3;1-2H2,(H,4,5);4H,1-3H2;;1H2/q;;;;;+1;/p-1/t19-;17-;;;;;/m00...../s1. The van der Waals surface area contributed by atoms with E-state index in [1.165, 1.54) is 72.1 Å². The summed E-state index contributed by atoms with van der Waals surface area (Å²) in [5.74, 6) is 2.59. The molecule has 4 aliphatic rings. The molecule has 2 aromatic rings. The number of aliphatic carboxylic acids is 1. The van der Waals surface area contributed by atoms with E-state index in [1.54, 1.807) is 59.9 Å². The molecule has 4 aliphatic heterocycles. The predicted octanol–water partition coefficient (Wildman–Crippen LogP) is 9.99. The van der Waals surface area contributed by atoms with E-state index >= 15 is 0 Å².